The van der Waals surface area contributed by atoms with Gasteiger partial charge in [-0.3, -0.25) is 5.41 Å². The third-order valence-electron chi connectivity index (χ3n) is 3.29. The summed E-state index contributed by atoms with van der Waals surface area (Å²) >= 11 is 0. The molecule has 1 saturated carbocycles. The predicted octanol–water partition coefficient (Wildman–Crippen LogP) is 1.82. The van der Waals surface area contributed by atoms with Crippen LogP contribution in [0.2, 0.25) is 0 Å². The van der Waals surface area contributed by atoms with E-state index in [0.29, 0.717) is 5.84 Å². The second-order valence-electron chi connectivity index (χ2n) is 4.59. The minimum Gasteiger partial charge on any atom is -0.387 e. The van der Waals surface area contributed by atoms with Gasteiger partial charge in [0.25, 0.3) is 0 Å². The van der Waals surface area contributed by atoms with Crippen LogP contribution >= 0.6 is 0 Å². The van der Waals surface area contributed by atoms with Crippen LogP contribution in [0.5, 0.6) is 0 Å². The van der Waals surface area contributed by atoms with E-state index in [9.17, 15) is 0 Å². The van der Waals surface area contributed by atoms with Crippen molar-refractivity contribution in [3.63, 3.8) is 0 Å². The maximum atomic E-state index is 7.36. The summed E-state index contributed by atoms with van der Waals surface area (Å²) in [4.78, 5) is 2.38. The lowest BCUT2D eigenvalue weighted by Gasteiger charge is -2.32. The minimum atomic E-state index is 0.196. The van der Waals surface area contributed by atoms with Gasteiger partial charge in [0.2, 0.25) is 0 Å². The summed E-state index contributed by atoms with van der Waals surface area (Å²) in [5, 5.41) is 7.36. The normalized spacial score (nSPS) is 21.1. The molecule has 1 aliphatic carbocycles. The molecule has 1 fully saturated rings. The number of nitrogens with one attached hydrogen (secondary N) is 1. The highest BCUT2D eigenvalue weighted by molar-refractivity contribution is 5.79. The molecule has 3 heteroatoms. The Bertz CT molecular complexity index is 185. The first-order valence-electron chi connectivity index (χ1n) is 5.65. The van der Waals surface area contributed by atoms with Crippen LogP contribution in [-0.4, -0.2) is 30.4 Å². The van der Waals surface area contributed by atoms with Gasteiger partial charge in [-0.15, -0.1) is 0 Å². The van der Waals surface area contributed by atoms with Crippen molar-refractivity contribution >= 4 is 5.84 Å². The fourth-order valence-corrected chi connectivity index (χ4v) is 2.20. The van der Waals surface area contributed by atoms with Crippen LogP contribution in [0.25, 0.3) is 0 Å². The van der Waals surface area contributed by atoms with Crippen LogP contribution in [-0.2, 0) is 0 Å². The minimum absolute atomic E-state index is 0.196. The van der Waals surface area contributed by atoms with Crippen molar-refractivity contribution in [3.8, 4) is 0 Å². The third kappa shape index (κ3) is 3.29. The molecule has 0 radical (unpaired) electrons. The second-order valence-corrected chi connectivity index (χ2v) is 4.59. The molecular formula is C11H23N3. The zero-order valence-corrected chi connectivity index (χ0v) is 9.42. The molecule has 0 heterocycles. The van der Waals surface area contributed by atoms with Gasteiger partial charge in [0.05, 0.1) is 5.84 Å². The standard InChI is InChI=1S/C11H23N3/c1-9(11(12)13)8-14(2)10-6-4-3-5-7-10/h9-10H,3-8H2,1-2H3,(H3,12,13). The molecule has 0 saturated heterocycles. The Kier molecular flexibility index (Phi) is 4.39. The SMILES string of the molecule is CC(CN(C)C1CCCCC1)C(=N)N. The molecule has 0 spiro atoms. The predicted molar refractivity (Wildman–Crippen MR) is 60.6 cm³/mol. The van der Waals surface area contributed by atoms with Crippen LogP contribution in [0.1, 0.15) is 39.0 Å². The zero-order valence-electron chi connectivity index (χ0n) is 9.42. The molecule has 0 aromatic heterocycles. The lowest BCUT2D eigenvalue weighted by Crippen LogP contribution is -2.39. The maximum absolute atomic E-state index is 7.36. The molecule has 3 nitrogen and oxygen atoms in total. The average Bonchev–Trinajstić information content (AvgIpc) is 2.19. The maximum Gasteiger partial charge on any atom is 0.0947 e. The number of rotatable bonds is 4. The highest BCUT2D eigenvalue weighted by Crippen LogP contribution is 2.22. The van der Waals surface area contributed by atoms with Gasteiger partial charge in [-0.25, -0.2) is 0 Å². The first kappa shape index (κ1) is 11.5. The highest BCUT2D eigenvalue weighted by Gasteiger charge is 2.19. The Labute approximate surface area is 87.2 Å². The van der Waals surface area contributed by atoms with E-state index in [2.05, 4.69) is 11.9 Å². The van der Waals surface area contributed by atoms with Crippen LogP contribution in [0.4, 0.5) is 0 Å². The Morgan fingerprint density at radius 2 is 2.00 bits per heavy atom. The van der Waals surface area contributed by atoms with Crippen LogP contribution < -0.4 is 5.73 Å². The van der Waals surface area contributed by atoms with Crippen molar-refractivity contribution in [2.75, 3.05) is 13.6 Å². The van der Waals surface area contributed by atoms with Crippen LogP contribution in [0.3, 0.4) is 0 Å². The molecule has 0 aliphatic heterocycles. The number of nitrogens with zero attached hydrogens (tertiary/aromatic N) is 1. The fraction of sp³-hybridized carbons (Fsp3) is 0.909. The molecule has 0 bridgehead atoms. The van der Waals surface area contributed by atoms with E-state index >= 15 is 0 Å². The smallest absolute Gasteiger partial charge is 0.0947 e. The van der Waals surface area contributed by atoms with Crippen LogP contribution in [0.15, 0.2) is 0 Å². The summed E-state index contributed by atoms with van der Waals surface area (Å²) in [7, 11) is 2.16. The zero-order chi connectivity index (χ0) is 10.6. The number of nitrogens with two attached hydrogens (primary N) is 1. The van der Waals surface area contributed by atoms with E-state index in [-0.39, 0.29) is 5.92 Å². The highest BCUT2D eigenvalue weighted by atomic mass is 15.1. The lowest BCUT2D eigenvalue weighted by molar-refractivity contribution is 0.182. The lowest BCUT2D eigenvalue weighted by atomic mass is 9.94. The average molecular weight is 197 g/mol. The van der Waals surface area contributed by atoms with Gasteiger partial charge in [-0.05, 0) is 19.9 Å². The van der Waals surface area contributed by atoms with E-state index in [0.717, 1.165) is 12.6 Å². The van der Waals surface area contributed by atoms with Crippen LogP contribution in [0, 0.1) is 11.3 Å². The van der Waals surface area contributed by atoms with Gasteiger partial charge >= 0.3 is 0 Å². The largest absolute Gasteiger partial charge is 0.387 e. The summed E-state index contributed by atoms with van der Waals surface area (Å²) in [6.07, 6.45) is 6.77. The van der Waals surface area contributed by atoms with E-state index in [1.165, 1.54) is 32.1 Å². The molecule has 3 N–H and O–H groups in total. The topological polar surface area (TPSA) is 53.1 Å². The summed E-state index contributed by atoms with van der Waals surface area (Å²) in [5.41, 5.74) is 5.47. The monoisotopic (exact) mass is 197 g/mol. The molecule has 1 rings (SSSR count). The van der Waals surface area contributed by atoms with Crippen molar-refractivity contribution in [2.45, 2.75) is 45.1 Å². The first-order chi connectivity index (χ1) is 6.61. The number of hydrogen-bond acceptors (Lipinski definition) is 2. The molecule has 1 unspecified atom stereocenters. The van der Waals surface area contributed by atoms with E-state index in [1.807, 2.05) is 6.92 Å². The molecular weight excluding hydrogens is 174 g/mol. The Morgan fingerprint density at radius 3 is 2.50 bits per heavy atom. The Hall–Kier alpha value is -0.570. The molecule has 0 aromatic rings. The Morgan fingerprint density at radius 1 is 1.43 bits per heavy atom. The summed E-state index contributed by atoms with van der Waals surface area (Å²) in [5.74, 6) is 0.509. The summed E-state index contributed by atoms with van der Waals surface area (Å²) in [6, 6.07) is 0.727. The van der Waals surface area contributed by atoms with Gasteiger partial charge in [-0.2, -0.15) is 0 Å². The van der Waals surface area contributed by atoms with Gasteiger partial charge in [0, 0.05) is 18.5 Å². The molecule has 1 aliphatic rings. The van der Waals surface area contributed by atoms with E-state index in [1.54, 1.807) is 0 Å². The van der Waals surface area contributed by atoms with Crippen molar-refractivity contribution in [2.24, 2.45) is 11.7 Å². The molecule has 1 atom stereocenters. The van der Waals surface area contributed by atoms with Gasteiger partial charge in [0.15, 0.2) is 0 Å². The fourth-order valence-electron chi connectivity index (χ4n) is 2.20. The van der Waals surface area contributed by atoms with E-state index < -0.39 is 0 Å². The summed E-state index contributed by atoms with van der Waals surface area (Å²) in [6.45, 7) is 2.96. The van der Waals surface area contributed by atoms with Gasteiger partial charge in [0.1, 0.15) is 0 Å². The van der Waals surface area contributed by atoms with Crippen molar-refractivity contribution in [1.82, 2.24) is 4.90 Å². The van der Waals surface area contributed by atoms with Gasteiger partial charge < -0.3 is 10.6 Å². The molecule has 14 heavy (non-hydrogen) atoms. The number of amidine groups is 1. The third-order valence-corrected chi connectivity index (χ3v) is 3.29. The van der Waals surface area contributed by atoms with Gasteiger partial charge in [-0.1, -0.05) is 26.2 Å². The molecule has 82 valence electrons. The van der Waals surface area contributed by atoms with Crippen molar-refractivity contribution < 1.29 is 0 Å². The van der Waals surface area contributed by atoms with E-state index in [4.69, 9.17) is 11.1 Å². The van der Waals surface area contributed by atoms with Crippen molar-refractivity contribution in [3.05, 3.63) is 0 Å². The van der Waals surface area contributed by atoms with Crippen molar-refractivity contribution in [1.29, 1.82) is 5.41 Å². The quantitative estimate of drug-likeness (QED) is 0.533. The number of hydrogen-bond donors (Lipinski definition) is 2. The Balaban J connectivity index is 2.32. The molecule has 0 aromatic carbocycles. The first-order valence-corrected chi connectivity index (χ1v) is 5.65. The molecule has 0 amide bonds. The summed E-state index contributed by atoms with van der Waals surface area (Å²) < 4.78 is 0. The second kappa shape index (κ2) is 5.35.